The maximum absolute atomic E-state index is 12.5. The summed E-state index contributed by atoms with van der Waals surface area (Å²) < 4.78 is 0.714. The van der Waals surface area contributed by atoms with Crippen molar-refractivity contribution in [2.45, 2.75) is 19.4 Å². The van der Waals surface area contributed by atoms with Crippen LogP contribution in [-0.4, -0.2) is 47.9 Å². The van der Waals surface area contributed by atoms with E-state index < -0.39 is 0 Å². The Bertz CT molecular complexity index is 565. The maximum Gasteiger partial charge on any atom is 0.255 e. The highest BCUT2D eigenvalue weighted by Gasteiger charge is 2.26. The van der Waals surface area contributed by atoms with Crippen LogP contribution in [-0.2, 0) is 0 Å². The normalized spacial score (nSPS) is 17.3. The maximum atomic E-state index is 12.5. The van der Waals surface area contributed by atoms with E-state index in [1.807, 2.05) is 11.8 Å². The summed E-state index contributed by atoms with van der Waals surface area (Å²) in [6.07, 6.45) is 0.813. The Labute approximate surface area is 138 Å². The van der Waals surface area contributed by atoms with Crippen molar-refractivity contribution >= 4 is 33.4 Å². The first kappa shape index (κ1) is 16.3. The van der Waals surface area contributed by atoms with E-state index in [0.717, 1.165) is 19.5 Å². The summed E-state index contributed by atoms with van der Waals surface area (Å²) in [7, 11) is 0. The van der Waals surface area contributed by atoms with Crippen LogP contribution >= 0.6 is 27.5 Å². The van der Waals surface area contributed by atoms with Crippen LogP contribution in [0.15, 0.2) is 22.7 Å². The van der Waals surface area contributed by atoms with Crippen LogP contribution in [0.25, 0.3) is 0 Å². The minimum absolute atomic E-state index is 0.00296. The molecule has 0 aliphatic carbocycles. The fraction of sp³-hybridized carbons (Fsp3) is 0.467. The second kappa shape index (κ2) is 7.26. The Kier molecular flexibility index (Phi) is 5.63. The first-order valence-electron chi connectivity index (χ1n) is 6.94. The van der Waals surface area contributed by atoms with Gasteiger partial charge >= 0.3 is 0 Å². The monoisotopic (exact) mass is 369 g/mol. The second-order valence-corrected chi connectivity index (χ2v) is 6.30. The summed E-state index contributed by atoms with van der Waals surface area (Å²) in [6, 6.07) is 7.45. The van der Waals surface area contributed by atoms with Gasteiger partial charge in [-0.05, 0) is 40.5 Å². The molecule has 4 nitrogen and oxygen atoms in total. The van der Waals surface area contributed by atoms with E-state index in [1.165, 1.54) is 0 Å². The average Bonchev–Trinajstić information content (AvgIpc) is 2.48. The Hall–Kier alpha value is -1.09. The number of rotatable bonds is 3. The summed E-state index contributed by atoms with van der Waals surface area (Å²) in [5.74, 6) is 0.00296. The van der Waals surface area contributed by atoms with E-state index in [4.69, 9.17) is 16.9 Å². The van der Waals surface area contributed by atoms with Gasteiger partial charge in [-0.2, -0.15) is 5.26 Å². The zero-order valence-corrected chi connectivity index (χ0v) is 14.2. The molecule has 1 aliphatic heterocycles. The molecule has 6 heteroatoms. The number of halogens is 2. The number of hydrogen-bond acceptors (Lipinski definition) is 3. The summed E-state index contributed by atoms with van der Waals surface area (Å²) in [5.41, 5.74) is 0.625. The fourth-order valence-corrected chi connectivity index (χ4v) is 3.35. The molecule has 1 heterocycles. The van der Waals surface area contributed by atoms with Crippen molar-refractivity contribution in [1.29, 1.82) is 5.26 Å². The quantitative estimate of drug-likeness (QED) is 0.821. The molecule has 0 saturated carbocycles. The number of nitrogens with zero attached hydrogens (tertiary/aromatic N) is 3. The molecule has 1 fully saturated rings. The van der Waals surface area contributed by atoms with Crippen molar-refractivity contribution < 1.29 is 4.79 Å². The molecule has 0 radical (unpaired) electrons. The Morgan fingerprint density at radius 3 is 2.62 bits per heavy atom. The van der Waals surface area contributed by atoms with Crippen molar-refractivity contribution in [3.63, 3.8) is 0 Å². The van der Waals surface area contributed by atoms with Crippen molar-refractivity contribution in [2.24, 2.45) is 0 Å². The third-order valence-electron chi connectivity index (χ3n) is 3.74. The molecule has 2 rings (SSSR count). The van der Waals surface area contributed by atoms with Gasteiger partial charge in [-0.25, -0.2) is 0 Å². The van der Waals surface area contributed by atoms with Gasteiger partial charge in [0.25, 0.3) is 5.91 Å². The van der Waals surface area contributed by atoms with E-state index in [-0.39, 0.29) is 11.9 Å². The number of carbonyl (C=O) groups is 1. The average molecular weight is 371 g/mol. The van der Waals surface area contributed by atoms with Gasteiger partial charge in [0.1, 0.15) is 0 Å². The molecule has 0 aromatic heterocycles. The first-order chi connectivity index (χ1) is 10.1. The van der Waals surface area contributed by atoms with Crippen LogP contribution in [0.3, 0.4) is 0 Å². The molecular weight excluding hydrogens is 354 g/mol. The largest absolute Gasteiger partial charge is 0.336 e. The lowest BCUT2D eigenvalue weighted by atomic mass is 10.1. The highest BCUT2D eigenvalue weighted by molar-refractivity contribution is 9.10. The molecule has 1 aliphatic rings. The Morgan fingerprint density at radius 2 is 2.10 bits per heavy atom. The van der Waals surface area contributed by atoms with Crippen LogP contribution in [0.2, 0.25) is 5.02 Å². The minimum atomic E-state index is -0.0514. The summed E-state index contributed by atoms with van der Waals surface area (Å²) in [4.78, 5) is 16.5. The van der Waals surface area contributed by atoms with Gasteiger partial charge in [0.05, 0.1) is 17.7 Å². The number of benzene rings is 1. The molecule has 112 valence electrons. The lowest BCUT2D eigenvalue weighted by molar-refractivity contribution is 0.0603. The smallest absolute Gasteiger partial charge is 0.255 e. The van der Waals surface area contributed by atoms with Crippen molar-refractivity contribution in [2.75, 3.05) is 26.2 Å². The number of piperazine rings is 1. The van der Waals surface area contributed by atoms with Crippen LogP contribution in [0, 0.1) is 11.3 Å². The molecule has 1 amide bonds. The highest BCUT2D eigenvalue weighted by atomic mass is 79.9. The zero-order valence-electron chi connectivity index (χ0n) is 11.9. The lowest BCUT2D eigenvalue weighted by Gasteiger charge is -2.36. The molecular formula is C15H17BrClN3O. The standard InChI is InChI=1S/C15H17BrClN3O/c1-2-12(10-18)19-5-7-20(8-6-19)15(21)13-4-3-11(17)9-14(13)16/h3-4,9,12H,2,5-8H2,1H3. The van der Waals surface area contributed by atoms with E-state index in [1.54, 1.807) is 18.2 Å². The molecule has 0 bridgehead atoms. The summed E-state index contributed by atoms with van der Waals surface area (Å²) in [5, 5.41) is 9.70. The molecule has 1 saturated heterocycles. The topological polar surface area (TPSA) is 47.3 Å². The van der Waals surface area contributed by atoms with Gasteiger partial charge in [-0.3, -0.25) is 9.69 Å². The highest BCUT2D eigenvalue weighted by Crippen LogP contribution is 2.23. The van der Waals surface area contributed by atoms with Crippen molar-refractivity contribution in [3.05, 3.63) is 33.3 Å². The lowest BCUT2D eigenvalue weighted by Crippen LogP contribution is -2.51. The molecule has 0 spiro atoms. The van der Waals surface area contributed by atoms with Gasteiger partial charge in [0, 0.05) is 35.7 Å². The Morgan fingerprint density at radius 1 is 1.43 bits per heavy atom. The van der Waals surface area contributed by atoms with Gasteiger partial charge in [0.15, 0.2) is 0 Å². The molecule has 0 N–H and O–H groups in total. The number of carbonyl (C=O) groups excluding carboxylic acids is 1. The number of nitriles is 1. The fourth-order valence-electron chi connectivity index (χ4n) is 2.50. The summed E-state index contributed by atoms with van der Waals surface area (Å²) in [6.45, 7) is 4.78. The van der Waals surface area contributed by atoms with Crippen LogP contribution in [0.4, 0.5) is 0 Å². The number of hydrogen-bond donors (Lipinski definition) is 0. The first-order valence-corrected chi connectivity index (χ1v) is 8.12. The van der Waals surface area contributed by atoms with E-state index in [9.17, 15) is 4.79 Å². The molecule has 21 heavy (non-hydrogen) atoms. The van der Waals surface area contributed by atoms with Crippen LogP contribution in [0.5, 0.6) is 0 Å². The zero-order chi connectivity index (χ0) is 15.4. The SMILES string of the molecule is CCC(C#N)N1CCN(C(=O)c2ccc(Cl)cc2Br)CC1. The van der Waals surface area contributed by atoms with E-state index >= 15 is 0 Å². The van der Waals surface area contributed by atoms with Crippen molar-refractivity contribution in [1.82, 2.24) is 9.80 Å². The van der Waals surface area contributed by atoms with Gasteiger partial charge < -0.3 is 4.90 Å². The molecule has 1 aromatic rings. The van der Waals surface area contributed by atoms with E-state index in [2.05, 4.69) is 26.9 Å². The van der Waals surface area contributed by atoms with Crippen molar-refractivity contribution in [3.8, 4) is 6.07 Å². The Balaban J connectivity index is 2.02. The van der Waals surface area contributed by atoms with Gasteiger partial charge in [-0.1, -0.05) is 18.5 Å². The minimum Gasteiger partial charge on any atom is -0.336 e. The summed E-state index contributed by atoms with van der Waals surface area (Å²) >= 11 is 9.29. The van der Waals surface area contributed by atoms with Gasteiger partial charge in [0.2, 0.25) is 0 Å². The van der Waals surface area contributed by atoms with Crippen LogP contribution < -0.4 is 0 Å². The van der Waals surface area contributed by atoms with Gasteiger partial charge in [-0.15, -0.1) is 0 Å². The predicted octanol–water partition coefficient (Wildman–Crippen LogP) is 3.16. The number of amides is 1. The molecule has 1 aromatic carbocycles. The van der Waals surface area contributed by atoms with E-state index in [0.29, 0.717) is 28.1 Å². The predicted molar refractivity (Wildman–Crippen MR) is 86.3 cm³/mol. The second-order valence-electron chi connectivity index (χ2n) is 5.01. The molecule has 1 atom stereocenters. The molecule has 1 unspecified atom stereocenters. The third kappa shape index (κ3) is 3.76. The van der Waals surface area contributed by atoms with Crippen LogP contribution in [0.1, 0.15) is 23.7 Å². The third-order valence-corrected chi connectivity index (χ3v) is 4.63.